The minimum Gasteiger partial charge on any atom is -0.486 e. The van der Waals surface area contributed by atoms with E-state index in [4.69, 9.17) is 10.5 Å². The first kappa shape index (κ1) is 12.0. The second kappa shape index (κ2) is 5.30. The van der Waals surface area contributed by atoms with E-state index in [1.807, 2.05) is 24.3 Å². The number of nitrogen functional groups attached to an aromatic ring is 1. The van der Waals surface area contributed by atoms with E-state index in [1.165, 1.54) is 19.3 Å². The molecular weight excluding hydrogens is 240 g/mol. The van der Waals surface area contributed by atoms with Crippen LogP contribution in [0.2, 0.25) is 0 Å². The van der Waals surface area contributed by atoms with Crippen molar-refractivity contribution < 1.29 is 4.74 Å². The van der Waals surface area contributed by atoms with Crippen molar-refractivity contribution in [3.05, 3.63) is 35.9 Å². The molecule has 2 heterocycles. The molecule has 0 radical (unpaired) electrons. The smallest absolute Gasteiger partial charge is 0.171 e. The van der Waals surface area contributed by atoms with E-state index < -0.39 is 0 Å². The van der Waals surface area contributed by atoms with Crippen molar-refractivity contribution in [3.63, 3.8) is 0 Å². The zero-order valence-electron chi connectivity index (χ0n) is 10.9. The topological polar surface area (TPSA) is 66.0 Å². The Labute approximate surface area is 112 Å². The number of nitrogens with two attached hydrogens (primary N) is 1. The molecule has 5 nitrogen and oxygen atoms in total. The van der Waals surface area contributed by atoms with Gasteiger partial charge in [0.25, 0.3) is 0 Å². The van der Waals surface area contributed by atoms with E-state index in [-0.39, 0.29) is 0 Å². The molecule has 5 heteroatoms. The summed E-state index contributed by atoms with van der Waals surface area (Å²) in [5.74, 6) is 2.81. The first-order chi connectivity index (χ1) is 9.33. The molecule has 1 aromatic heterocycles. The van der Waals surface area contributed by atoms with Crippen LogP contribution in [0.3, 0.4) is 0 Å². The third kappa shape index (κ3) is 2.70. The molecule has 2 aromatic rings. The van der Waals surface area contributed by atoms with Crippen molar-refractivity contribution in [1.82, 2.24) is 14.8 Å². The molecular formula is C14H18N4O. The highest BCUT2D eigenvalue weighted by Crippen LogP contribution is 2.17. The van der Waals surface area contributed by atoms with Gasteiger partial charge in [0.15, 0.2) is 5.82 Å². The summed E-state index contributed by atoms with van der Waals surface area (Å²) in [6, 6.07) is 7.41. The van der Waals surface area contributed by atoms with E-state index in [9.17, 15) is 0 Å². The molecule has 1 aliphatic heterocycles. The number of ether oxygens (including phenoxy) is 1. The van der Waals surface area contributed by atoms with Crippen molar-refractivity contribution in [2.45, 2.75) is 38.8 Å². The molecule has 2 N–H and O–H groups in total. The molecule has 100 valence electrons. The number of fused-ring (bicyclic) bond motifs is 1. The van der Waals surface area contributed by atoms with Gasteiger partial charge in [-0.25, -0.2) is 0 Å². The highest BCUT2D eigenvalue weighted by molar-refractivity contribution is 5.41. The Morgan fingerprint density at radius 1 is 1.11 bits per heavy atom. The van der Waals surface area contributed by atoms with E-state index in [2.05, 4.69) is 14.8 Å². The Balaban J connectivity index is 1.70. The van der Waals surface area contributed by atoms with Crippen LogP contribution in [0.4, 0.5) is 5.69 Å². The average Bonchev–Trinajstić information content (AvgIpc) is 2.66. The number of hydrogen-bond acceptors (Lipinski definition) is 4. The lowest BCUT2D eigenvalue weighted by atomic mass is 10.2. The Morgan fingerprint density at radius 2 is 1.95 bits per heavy atom. The average molecular weight is 258 g/mol. The fourth-order valence-electron chi connectivity index (χ4n) is 2.36. The monoisotopic (exact) mass is 258 g/mol. The number of nitrogens with zero attached hydrogens (tertiary/aromatic N) is 3. The quantitative estimate of drug-likeness (QED) is 0.857. The Kier molecular flexibility index (Phi) is 3.35. The molecule has 3 rings (SSSR count). The van der Waals surface area contributed by atoms with Gasteiger partial charge in [-0.15, -0.1) is 10.2 Å². The lowest BCUT2D eigenvalue weighted by molar-refractivity contribution is 0.288. The number of rotatable bonds is 3. The number of aromatic nitrogens is 3. The zero-order chi connectivity index (χ0) is 13.1. The molecule has 1 aliphatic rings. The van der Waals surface area contributed by atoms with Crippen LogP contribution in [0.15, 0.2) is 24.3 Å². The third-order valence-electron chi connectivity index (χ3n) is 3.43. The Morgan fingerprint density at radius 3 is 2.79 bits per heavy atom. The van der Waals surface area contributed by atoms with Crippen molar-refractivity contribution in [2.75, 3.05) is 5.73 Å². The molecule has 0 amide bonds. The summed E-state index contributed by atoms with van der Waals surface area (Å²) in [7, 11) is 0. The largest absolute Gasteiger partial charge is 0.486 e. The predicted octanol–water partition coefficient (Wildman–Crippen LogP) is 2.17. The number of aryl methyl sites for hydroxylation is 1. The second-order valence-corrected chi connectivity index (χ2v) is 4.85. The highest BCUT2D eigenvalue weighted by atomic mass is 16.5. The maximum Gasteiger partial charge on any atom is 0.171 e. The zero-order valence-corrected chi connectivity index (χ0v) is 10.9. The molecule has 0 bridgehead atoms. The SMILES string of the molecule is Nc1ccc(OCc2nnc3n2CCCCC3)cc1. The number of hydrogen-bond donors (Lipinski definition) is 1. The lowest BCUT2D eigenvalue weighted by Gasteiger charge is -2.08. The summed E-state index contributed by atoms with van der Waals surface area (Å²) < 4.78 is 7.93. The van der Waals surface area contributed by atoms with E-state index in [0.29, 0.717) is 6.61 Å². The molecule has 19 heavy (non-hydrogen) atoms. The van der Waals surface area contributed by atoms with Gasteiger partial charge < -0.3 is 15.0 Å². The van der Waals surface area contributed by atoms with Gasteiger partial charge in [0.1, 0.15) is 18.2 Å². The third-order valence-corrected chi connectivity index (χ3v) is 3.43. The summed E-state index contributed by atoms with van der Waals surface area (Å²) in [4.78, 5) is 0. The molecule has 0 fully saturated rings. The van der Waals surface area contributed by atoms with E-state index in [0.717, 1.165) is 36.1 Å². The summed E-state index contributed by atoms with van der Waals surface area (Å²) in [6.07, 6.45) is 4.69. The van der Waals surface area contributed by atoms with Gasteiger partial charge >= 0.3 is 0 Å². The minimum absolute atomic E-state index is 0.455. The maximum absolute atomic E-state index is 5.73. The molecule has 1 aromatic carbocycles. The van der Waals surface area contributed by atoms with Gasteiger partial charge in [-0.05, 0) is 37.1 Å². The van der Waals surface area contributed by atoms with Crippen LogP contribution in [0.25, 0.3) is 0 Å². The van der Waals surface area contributed by atoms with E-state index in [1.54, 1.807) is 0 Å². The van der Waals surface area contributed by atoms with Crippen molar-refractivity contribution >= 4 is 5.69 Å². The molecule has 0 spiro atoms. The summed E-state index contributed by atoms with van der Waals surface area (Å²) in [5, 5.41) is 8.49. The van der Waals surface area contributed by atoms with Gasteiger partial charge in [0.05, 0.1) is 0 Å². The number of anilines is 1. The highest BCUT2D eigenvalue weighted by Gasteiger charge is 2.14. The first-order valence-corrected chi connectivity index (χ1v) is 6.72. The standard InChI is InChI=1S/C14H18N4O/c15-11-5-7-12(8-6-11)19-10-14-17-16-13-4-2-1-3-9-18(13)14/h5-8H,1-4,9-10,15H2. The Hall–Kier alpha value is -2.04. The van der Waals surface area contributed by atoms with Crippen LogP contribution in [0.5, 0.6) is 5.75 Å². The van der Waals surface area contributed by atoms with Gasteiger partial charge in [0.2, 0.25) is 0 Å². The van der Waals surface area contributed by atoms with Gasteiger partial charge in [-0.1, -0.05) is 6.42 Å². The summed E-state index contributed by atoms with van der Waals surface area (Å²) >= 11 is 0. The van der Waals surface area contributed by atoms with Crippen molar-refractivity contribution in [1.29, 1.82) is 0 Å². The van der Waals surface area contributed by atoms with E-state index >= 15 is 0 Å². The van der Waals surface area contributed by atoms with Crippen LogP contribution in [0, 0.1) is 0 Å². The Bertz CT molecular complexity index is 547. The van der Waals surface area contributed by atoms with Gasteiger partial charge in [0, 0.05) is 18.7 Å². The predicted molar refractivity (Wildman–Crippen MR) is 72.8 cm³/mol. The fraction of sp³-hybridized carbons (Fsp3) is 0.429. The van der Waals surface area contributed by atoms with Crippen molar-refractivity contribution in [3.8, 4) is 5.75 Å². The number of benzene rings is 1. The molecule has 0 aliphatic carbocycles. The van der Waals surface area contributed by atoms with Gasteiger partial charge in [-0.3, -0.25) is 0 Å². The van der Waals surface area contributed by atoms with Crippen LogP contribution < -0.4 is 10.5 Å². The van der Waals surface area contributed by atoms with Crippen molar-refractivity contribution in [2.24, 2.45) is 0 Å². The van der Waals surface area contributed by atoms with Crippen LogP contribution in [0.1, 0.15) is 30.9 Å². The normalized spacial score (nSPS) is 14.7. The van der Waals surface area contributed by atoms with Crippen LogP contribution >= 0.6 is 0 Å². The molecule has 0 atom stereocenters. The molecule has 0 saturated heterocycles. The van der Waals surface area contributed by atoms with Gasteiger partial charge in [-0.2, -0.15) is 0 Å². The second-order valence-electron chi connectivity index (χ2n) is 4.85. The molecule has 0 saturated carbocycles. The fourth-order valence-corrected chi connectivity index (χ4v) is 2.36. The minimum atomic E-state index is 0.455. The maximum atomic E-state index is 5.73. The summed E-state index contributed by atoms with van der Waals surface area (Å²) in [6.45, 7) is 1.46. The first-order valence-electron chi connectivity index (χ1n) is 6.72. The summed E-state index contributed by atoms with van der Waals surface area (Å²) in [5.41, 5.74) is 6.38. The van der Waals surface area contributed by atoms with Crippen LogP contribution in [-0.4, -0.2) is 14.8 Å². The molecule has 0 unspecified atom stereocenters. The lowest BCUT2D eigenvalue weighted by Crippen LogP contribution is -2.08. The van der Waals surface area contributed by atoms with Crippen LogP contribution in [-0.2, 0) is 19.6 Å².